The van der Waals surface area contributed by atoms with Crippen molar-refractivity contribution in [3.05, 3.63) is 81.8 Å². The van der Waals surface area contributed by atoms with Crippen LogP contribution in [0.2, 0.25) is 10.0 Å². The molecule has 0 aliphatic heterocycles. The molecule has 144 valence electrons. The molecule has 0 nitrogen and oxygen atoms in total. The molecule has 2 bridgehead atoms. The molecular formula is C27H22Cl2. The Morgan fingerprint density at radius 2 is 1.59 bits per heavy atom. The van der Waals surface area contributed by atoms with E-state index >= 15 is 0 Å². The van der Waals surface area contributed by atoms with Gasteiger partial charge in [-0.25, -0.2) is 0 Å². The van der Waals surface area contributed by atoms with Crippen LogP contribution in [-0.2, 0) is 0 Å². The molecule has 29 heavy (non-hydrogen) atoms. The number of halogens is 2. The van der Waals surface area contributed by atoms with E-state index < -0.39 is 0 Å². The van der Waals surface area contributed by atoms with E-state index in [-0.39, 0.29) is 0 Å². The number of rotatable bonds is 1. The number of hydrogen-bond acceptors (Lipinski definition) is 0. The summed E-state index contributed by atoms with van der Waals surface area (Å²) < 4.78 is 0. The summed E-state index contributed by atoms with van der Waals surface area (Å²) in [4.78, 5) is 0. The zero-order chi connectivity index (χ0) is 19.3. The Balaban J connectivity index is 1.49. The van der Waals surface area contributed by atoms with Gasteiger partial charge in [-0.1, -0.05) is 59.6 Å². The van der Waals surface area contributed by atoms with Crippen molar-refractivity contribution in [2.75, 3.05) is 0 Å². The Kier molecular flexibility index (Phi) is 3.33. The number of hydrogen-bond donors (Lipinski definition) is 0. The van der Waals surface area contributed by atoms with E-state index in [9.17, 15) is 0 Å². The Morgan fingerprint density at radius 1 is 0.759 bits per heavy atom. The third kappa shape index (κ3) is 2.07. The van der Waals surface area contributed by atoms with Crippen molar-refractivity contribution in [2.45, 2.75) is 37.5 Å². The van der Waals surface area contributed by atoms with Gasteiger partial charge in [0.15, 0.2) is 0 Å². The van der Waals surface area contributed by atoms with Gasteiger partial charge >= 0.3 is 0 Å². The molecule has 3 fully saturated rings. The van der Waals surface area contributed by atoms with E-state index in [0.717, 1.165) is 21.9 Å². The Bertz CT molecular complexity index is 1180. The molecular weight excluding hydrogens is 395 g/mol. The molecule has 0 radical (unpaired) electrons. The molecule has 4 aliphatic rings. The van der Waals surface area contributed by atoms with Crippen LogP contribution in [0.15, 0.2) is 60.7 Å². The predicted molar refractivity (Wildman–Crippen MR) is 121 cm³/mol. The van der Waals surface area contributed by atoms with Crippen molar-refractivity contribution in [1.29, 1.82) is 0 Å². The second kappa shape index (κ2) is 5.68. The van der Waals surface area contributed by atoms with Gasteiger partial charge in [0.25, 0.3) is 0 Å². The molecule has 0 heterocycles. The molecule has 0 saturated heterocycles. The molecule has 3 aromatic carbocycles. The molecule has 2 heteroatoms. The monoisotopic (exact) mass is 416 g/mol. The quantitative estimate of drug-likeness (QED) is 0.373. The third-order valence-corrected chi connectivity index (χ3v) is 9.32. The lowest BCUT2D eigenvalue weighted by Crippen LogP contribution is -2.58. The first kappa shape index (κ1) is 17.0. The summed E-state index contributed by atoms with van der Waals surface area (Å²) in [5.74, 6) is 3.26. The SMILES string of the molecule is Clc1cccc(-c2ccc3c(c2)-c2c(Cl)cccc2C2CC4CC5CC3CC542)c1. The highest BCUT2D eigenvalue weighted by Gasteiger charge is 2.70. The Labute approximate surface area is 181 Å². The van der Waals surface area contributed by atoms with Crippen molar-refractivity contribution < 1.29 is 0 Å². The summed E-state index contributed by atoms with van der Waals surface area (Å²) in [6, 6.07) is 21.8. The minimum absolute atomic E-state index is 0.577. The highest BCUT2D eigenvalue weighted by molar-refractivity contribution is 6.33. The predicted octanol–water partition coefficient (Wildman–Crippen LogP) is 8.33. The van der Waals surface area contributed by atoms with Crippen molar-refractivity contribution in [3.63, 3.8) is 0 Å². The van der Waals surface area contributed by atoms with Crippen molar-refractivity contribution in [1.82, 2.24) is 0 Å². The molecule has 5 unspecified atom stereocenters. The standard InChI is InChI=1S/C27H22Cl2/c28-20-4-1-3-15(10-20)16-7-8-21-17-9-18-12-19-13-24(27(18,19)14-17)22-5-2-6-25(29)26(22)23(21)11-16/h1-8,10-11,17-19,24H,9,12-14H2. The van der Waals surface area contributed by atoms with Gasteiger partial charge in [0, 0.05) is 15.6 Å². The first-order chi connectivity index (χ1) is 14.1. The van der Waals surface area contributed by atoms with Crippen LogP contribution in [0.25, 0.3) is 22.3 Å². The van der Waals surface area contributed by atoms with Gasteiger partial charge in [0.1, 0.15) is 0 Å². The highest BCUT2D eigenvalue weighted by Crippen LogP contribution is 2.80. The van der Waals surface area contributed by atoms with Gasteiger partial charge in [0.2, 0.25) is 0 Å². The summed E-state index contributed by atoms with van der Waals surface area (Å²) in [6.45, 7) is 0. The maximum atomic E-state index is 6.90. The van der Waals surface area contributed by atoms with Gasteiger partial charge in [-0.05, 0) is 107 Å². The van der Waals surface area contributed by atoms with Crippen molar-refractivity contribution in [3.8, 4) is 22.3 Å². The molecule has 7 rings (SSSR count). The smallest absolute Gasteiger partial charge is 0.0487 e. The second-order valence-electron chi connectivity index (χ2n) is 9.68. The van der Waals surface area contributed by atoms with E-state index in [1.165, 1.54) is 59.1 Å². The minimum Gasteiger partial charge on any atom is -0.0843 e. The second-order valence-corrected chi connectivity index (χ2v) is 10.5. The molecule has 1 spiro atoms. The Hall–Kier alpha value is -1.76. The normalized spacial score (nSPS) is 32.8. The summed E-state index contributed by atoms with van der Waals surface area (Å²) in [7, 11) is 0. The van der Waals surface area contributed by atoms with Crippen LogP contribution in [-0.4, -0.2) is 0 Å². The summed E-state index contributed by atoms with van der Waals surface area (Å²) in [6.07, 6.45) is 5.56. The van der Waals surface area contributed by atoms with E-state index in [1.54, 1.807) is 0 Å². The van der Waals surface area contributed by atoms with Crippen LogP contribution >= 0.6 is 23.2 Å². The zero-order valence-electron chi connectivity index (χ0n) is 16.2. The van der Waals surface area contributed by atoms with E-state index in [2.05, 4.69) is 48.5 Å². The van der Waals surface area contributed by atoms with Gasteiger partial charge in [-0.2, -0.15) is 0 Å². The minimum atomic E-state index is 0.577. The Morgan fingerprint density at radius 3 is 2.45 bits per heavy atom. The number of benzene rings is 3. The molecule has 3 saturated carbocycles. The number of fused-ring (bicyclic) bond motifs is 6. The molecule has 0 aromatic heterocycles. The summed E-state index contributed by atoms with van der Waals surface area (Å²) in [5, 5.41) is 1.69. The maximum absolute atomic E-state index is 6.90. The highest BCUT2D eigenvalue weighted by atomic mass is 35.5. The zero-order valence-corrected chi connectivity index (χ0v) is 17.7. The van der Waals surface area contributed by atoms with E-state index in [0.29, 0.717) is 17.3 Å². The van der Waals surface area contributed by atoms with Gasteiger partial charge in [0.05, 0.1) is 0 Å². The van der Waals surface area contributed by atoms with Gasteiger partial charge in [-0.15, -0.1) is 0 Å². The largest absolute Gasteiger partial charge is 0.0843 e. The van der Waals surface area contributed by atoms with Crippen LogP contribution < -0.4 is 0 Å². The lowest BCUT2D eigenvalue weighted by Gasteiger charge is -2.67. The third-order valence-electron chi connectivity index (χ3n) is 8.77. The van der Waals surface area contributed by atoms with Crippen LogP contribution in [0.5, 0.6) is 0 Å². The lowest BCUT2D eigenvalue weighted by atomic mass is 9.37. The molecule has 0 amide bonds. The van der Waals surface area contributed by atoms with Gasteiger partial charge < -0.3 is 0 Å². The molecule has 0 N–H and O–H groups in total. The first-order valence-corrected chi connectivity index (χ1v) is 11.6. The fourth-order valence-electron chi connectivity index (χ4n) is 7.57. The van der Waals surface area contributed by atoms with Crippen molar-refractivity contribution in [2.24, 2.45) is 17.3 Å². The van der Waals surface area contributed by atoms with E-state index in [4.69, 9.17) is 23.2 Å². The molecule has 5 atom stereocenters. The molecule has 4 aliphatic carbocycles. The van der Waals surface area contributed by atoms with Crippen LogP contribution in [0.3, 0.4) is 0 Å². The topological polar surface area (TPSA) is 0 Å². The van der Waals surface area contributed by atoms with Crippen LogP contribution in [0.4, 0.5) is 0 Å². The van der Waals surface area contributed by atoms with Crippen LogP contribution in [0, 0.1) is 17.3 Å². The van der Waals surface area contributed by atoms with Gasteiger partial charge in [-0.3, -0.25) is 0 Å². The van der Waals surface area contributed by atoms with Crippen LogP contribution in [0.1, 0.15) is 48.6 Å². The fourth-order valence-corrected chi connectivity index (χ4v) is 8.05. The lowest BCUT2D eigenvalue weighted by molar-refractivity contribution is -0.144. The fraction of sp³-hybridized carbons (Fsp3) is 0.333. The average molecular weight is 417 g/mol. The van der Waals surface area contributed by atoms with Crippen molar-refractivity contribution >= 4 is 23.2 Å². The summed E-state index contributed by atoms with van der Waals surface area (Å²) in [5.41, 5.74) is 8.64. The maximum Gasteiger partial charge on any atom is 0.0487 e. The molecule has 3 aromatic rings. The van der Waals surface area contributed by atoms with E-state index in [1.807, 2.05) is 12.1 Å². The average Bonchev–Trinajstić information content (AvgIpc) is 3.07. The summed E-state index contributed by atoms with van der Waals surface area (Å²) >= 11 is 13.2. The first-order valence-electron chi connectivity index (χ1n) is 10.8.